The van der Waals surface area contributed by atoms with Gasteiger partial charge in [-0.2, -0.15) is 0 Å². The number of likely N-dealkylation sites (tertiary alicyclic amines) is 1. The van der Waals surface area contributed by atoms with Gasteiger partial charge >= 0.3 is 5.97 Å². The lowest BCUT2D eigenvalue weighted by molar-refractivity contribution is -0.143. The number of carbonyl (C=O) groups excluding carboxylic acids is 1. The van der Waals surface area contributed by atoms with Gasteiger partial charge in [0.25, 0.3) is 0 Å². The van der Waals surface area contributed by atoms with Crippen LogP contribution in [0.3, 0.4) is 0 Å². The van der Waals surface area contributed by atoms with Crippen LogP contribution in [0.15, 0.2) is 24.3 Å². The summed E-state index contributed by atoms with van der Waals surface area (Å²) in [4.78, 5) is 27.4. The minimum absolute atomic E-state index is 0.0168. The molecule has 0 spiro atoms. The Balaban J connectivity index is 1.94. The van der Waals surface area contributed by atoms with Crippen LogP contribution in [0.4, 0.5) is 4.39 Å². The molecule has 1 aromatic rings. The van der Waals surface area contributed by atoms with Crippen LogP contribution >= 0.6 is 0 Å². The molecule has 0 aromatic heterocycles. The molecule has 0 saturated carbocycles. The summed E-state index contributed by atoms with van der Waals surface area (Å²) < 4.78 is 13.1. The molecule has 0 aliphatic carbocycles. The number of amides is 1. The quantitative estimate of drug-likeness (QED) is 0.867. The number of carboxylic acids is 1. The number of hydrogen-bond donors (Lipinski definition) is 1. The van der Waals surface area contributed by atoms with E-state index in [0.717, 1.165) is 5.56 Å². The average Bonchev–Trinajstić information content (AvgIpc) is 2.56. The van der Waals surface area contributed by atoms with Gasteiger partial charge in [-0.05, 0) is 57.5 Å². The maximum atomic E-state index is 13.1. The summed E-state index contributed by atoms with van der Waals surface area (Å²) in [6.45, 7) is 5.99. The molecular weight excluding hydrogens is 311 g/mol. The molecule has 1 saturated heterocycles. The van der Waals surface area contributed by atoms with Crippen molar-refractivity contribution in [3.8, 4) is 0 Å². The Morgan fingerprint density at radius 1 is 1.29 bits per heavy atom. The van der Waals surface area contributed by atoms with Crippen LogP contribution in [0, 0.1) is 11.7 Å². The number of nitrogens with zero attached hydrogens (tertiary/aromatic N) is 2. The topological polar surface area (TPSA) is 60.9 Å². The summed E-state index contributed by atoms with van der Waals surface area (Å²) in [5, 5.41) is 9.03. The standard InChI is InChI=1S/C18H25FN2O3/c1-3-21(13(2)14-4-6-16(19)7-5-14)17(22)12-20-10-8-15(9-11-20)18(23)24/h4-7,13,15H,3,8-12H2,1-2H3,(H,23,24). The van der Waals surface area contributed by atoms with Crippen LogP contribution < -0.4 is 0 Å². The molecular formula is C18H25FN2O3. The van der Waals surface area contributed by atoms with Gasteiger partial charge in [0.15, 0.2) is 0 Å². The molecule has 0 bridgehead atoms. The minimum Gasteiger partial charge on any atom is -0.481 e. The fourth-order valence-corrected chi connectivity index (χ4v) is 3.21. The summed E-state index contributed by atoms with van der Waals surface area (Å²) in [5.41, 5.74) is 0.899. The lowest BCUT2D eigenvalue weighted by Crippen LogP contribution is -2.45. The highest BCUT2D eigenvalue weighted by molar-refractivity contribution is 5.79. The second-order valence-electron chi connectivity index (χ2n) is 6.30. The number of likely N-dealkylation sites (N-methyl/N-ethyl adjacent to an activating group) is 1. The lowest BCUT2D eigenvalue weighted by atomic mass is 9.97. The third-order valence-electron chi connectivity index (χ3n) is 4.78. The molecule has 5 nitrogen and oxygen atoms in total. The van der Waals surface area contributed by atoms with E-state index in [9.17, 15) is 14.0 Å². The summed E-state index contributed by atoms with van der Waals surface area (Å²) in [6, 6.07) is 6.09. The zero-order valence-corrected chi connectivity index (χ0v) is 14.2. The Bertz CT molecular complexity index is 568. The molecule has 1 fully saturated rings. The van der Waals surface area contributed by atoms with Crippen molar-refractivity contribution in [1.82, 2.24) is 9.80 Å². The van der Waals surface area contributed by atoms with Crippen molar-refractivity contribution in [3.05, 3.63) is 35.6 Å². The van der Waals surface area contributed by atoms with Crippen LogP contribution in [-0.2, 0) is 9.59 Å². The predicted molar refractivity (Wildman–Crippen MR) is 89.0 cm³/mol. The fourth-order valence-electron chi connectivity index (χ4n) is 3.21. The normalized spacial score (nSPS) is 17.5. The van der Waals surface area contributed by atoms with E-state index < -0.39 is 5.97 Å². The highest BCUT2D eigenvalue weighted by Crippen LogP contribution is 2.22. The molecule has 24 heavy (non-hydrogen) atoms. The maximum Gasteiger partial charge on any atom is 0.306 e. The number of rotatable bonds is 6. The van der Waals surface area contributed by atoms with E-state index in [2.05, 4.69) is 0 Å². The molecule has 1 heterocycles. The van der Waals surface area contributed by atoms with Gasteiger partial charge in [0.1, 0.15) is 5.82 Å². The molecule has 1 aromatic carbocycles. The molecule has 2 rings (SSSR count). The van der Waals surface area contributed by atoms with Gasteiger partial charge in [-0.1, -0.05) is 12.1 Å². The first-order valence-electron chi connectivity index (χ1n) is 8.42. The highest BCUT2D eigenvalue weighted by Gasteiger charge is 2.27. The zero-order valence-electron chi connectivity index (χ0n) is 14.2. The van der Waals surface area contributed by atoms with Gasteiger partial charge in [-0.25, -0.2) is 4.39 Å². The van der Waals surface area contributed by atoms with E-state index in [1.54, 1.807) is 17.0 Å². The summed E-state index contributed by atoms with van der Waals surface area (Å²) in [7, 11) is 0. The van der Waals surface area contributed by atoms with Crippen molar-refractivity contribution < 1.29 is 19.1 Å². The van der Waals surface area contributed by atoms with E-state index in [4.69, 9.17) is 5.11 Å². The summed E-state index contributed by atoms with van der Waals surface area (Å²) in [5.74, 6) is -1.32. The first kappa shape index (κ1) is 18.4. The average molecular weight is 336 g/mol. The molecule has 1 aliphatic rings. The molecule has 1 N–H and O–H groups in total. The number of piperidine rings is 1. The van der Waals surface area contributed by atoms with Crippen LogP contribution in [0.2, 0.25) is 0 Å². The number of aliphatic carboxylic acids is 1. The molecule has 6 heteroatoms. The molecule has 132 valence electrons. The third kappa shape index (κ3) is 4.54. The molecule has 0 radical (unpaired) electrons. The van der Waals surface area contributed by atoms with E-state index in [1.807, 2.05) is 18.7 Å². The lowest BCUT2D eigenvalue weighted by Gasteiger charge is -2.33. The number of carbonyl (C=O) groups is 2. The van der Waals surface area contributed by atoms with E-state index >= 15 is 0 Å². The van der Waals surface area contributed by atoms with Crippen LogP contribution in [-0.4, -0.2) is 53.0 Å². The largest absolute Gasteiger partial charge is 0.481 e. The molecule has 1 amide bonds. The van der Waals surface area contributed by atoms with Crippen LogP contribution in [0.1, 0.15) is 38.3 Å². The van der Waals surface area contributed by atoms with Crippen molar-refractivity contribution >= 4 is 11.9 Å². The van der Waals surface area contributed by atoms with Gasteiger partial charge in [0.2, 0.25) is 5.91 Å². The van der Waals surface area contributed by atoms with Crippen LogP contribution in [0.25, 0.3) is 0 Å². The van der Waals surface area contributed by atoms with Gasteiger partial charge in [0.05, 0.1) is 18.5 Å². The molecule has 1 aliphatic heterocycles. The second-order valence-corrected chi connectivity index (χ2v) is 6.30. The Kier molecular flexibility index (Phi) is 6.31. The SMILES string of the molecule is CCN(C(=O)CN1CCC(C(=O)O)CC1)C(C)c1ccc(F)cc1. The first-order chi connectivity index (χ1) is 11.4. The van der Waals surface area contributed by atoms with Gasteiger partial charge in [-0.3, -0.25) is 14.5 Å². The Morgan fingerprint density at radius 2 is 1.88 bits per heavy atom. The highest BCUT2D eigenvalue weighted by atomic mass is 19.1. The number of benzene rings is 1. The van der Waals surface area contributed by atoms with Crippen molar-refractivity contribution in [2.24, 2.45) is 5.92 Å². The van der Waals surface area contributed by atoms with Crippen molar-refractivity contribution in [1.29, 1.82) is 0 Å². The molecule has 1 unspecified atom stereocenters. The third-order valence-corrected chi connectivity index (χ3v) is 4.78. The molecule has 1 atom stereocenters. The van der Waals surface area contributed by atoms with Gasteiger partial charge < -0.3 is 10.0 Å². The van der Waals surface area contributed by atoms with E-state index in [-0.39, 0.29) is 23.7 Å². The Morgan fingerprint density at radius 3 is 2.38 bits per heavy atom. The van der Waals surface area contributed by atoms with Gasteiger partial charge in [-0.15, -0.1) is 0 Å². The smallest absolute Gasteiger partial charge is 0.306 e. The summed E-state index contributed by atoms with van der Waals surface area (Å²) >= 11 is 0. The zero-order chi connectivity index (χ0) is 17.7. The van der Waals surface area contributed by atoms with Gasteiger partial charge in [0, 0.05) is 6.54 Å². The number of hydrogen-bond acceptors (Lipinski definition) is 3. The number of carboxylic acid groups (broad SMARTS) is 1. The van der Waals surface area contributed by atoms with Crippen LogP contribution in [0.5, 0.6) is 0 Å². The van der Waals surface area contributed by atoms with E-state index in [0.29, 0.717) is 39.0 Å². The minimum atomic E-state index is -0.749. The second kappa shape index (κ2) is 8.24. The van der Waals surface area contributed by atoms with Crippen molar-refractivity contribution in [2.45, 2.75) is 32.7 Å². The Hall–Kier alpha value is -1.95. The number of halogens is 1. The van der Waals surface area contributed by atoms with Crippen molar-refractivity contribution in [2.75, 3.05) is 26.2 Å². The van der Waals surface area contributed by atoms with Crippen molar-refractivity contribution in [3.63, 3.8) is 0 Å². The Labute approximate surface area is 142 Å². The van der Waals surface area contributed by atoms with E-state index in [1.165, 1.54) is 12.1 Å². The summed E-state index contributed by atoms with van der Waals surface area (Å²) in [6.07, 6.45) is 1.17. The predicted octanol–water partition coefficient (Wildman–Crippen LogP) is 2.53. The fraction of sp³-hybridized carbons (Fsp3) is 0.556. The first-order valence-corrected chi connectivity index (χ1v) is 8.42. The maximum absolute atomic E-state index is 13.1. The monoisotopic (exact) mass is 336 g/mol.